The smallest absolute Gasteiger partial charge is 0.258 e. The number of ether oxygens (including phenoxy) is 1. The van der Waals surface area contributed by atoms with Crippen LogP contribution in [-0.2, 0) is 0 Å². The summed E-state index contributed by atoms with van der Waals surface area (Å²) < 4.78 is 18.7. The molecule has 0 aromatic heterocycles. The van der Waals surface area contributed by atoms with Gasteiger partial charge in [-0.3, -0.25) is 4.79 Å². The molecule has 0 spiro atoms. The van der Waals surface area contributed by atoms with E-state index in [-0.39, 0.29) is 17.4 Å². The molecule has 2 N–H and O–H groups in total. The van der Waals surface area contributed by atoms with Gasteiger partial charge < -0.3 is 15.2 Å². The van der Waals surface area contributed by atoms with Crippen LogP contribution in [0.5, 0.6) is 5.75 Å². The molecule has 0 unspecified atom stereocenters. The minimum Gasteiger partial charge on any atom is -0.496 e. The number of rotatable bonds is 4. The Labute approximate surface area is 117 Å². The quantitative estimate of drug-likeness (QED) is 0.888. The Morgan fingerprint density at radius 2 is 2.10 bits per heavy atom. The van der Waals surface area contributed by atoms with E-state index >= 15 is 0 Å². The summed E-state index contributed by atoms with van der Waals surface area (Å²) in [7, 11) is 1.41. The predicted octanol–water partition coefficient (Wildman–Crippen LogP) is 2.12. The maximum absolute atomic E-state index is 13.7. The number of methoxy groups -OCH3 is 1. The van der Waals surface area contributed by atoms with Crippen molar-refractivity contribution < 1.29 is 19.0 Å². The molecule has 0 atom stereocenters. The SMILES string of the molecule is COc1cccc(F)c1C(=O)NCC1CCC(O)CC1. The molecule has 1 aliphatic rings. The lowest BCUT2D eigenvalue weighted by Gasteiger charge is -2.25. The number of halogens is 1. The lowest BCUT2D eigenvalue weighted by molar-refractivity contribution is 0.0904. The molecule has 0 bridgehead atoms. The van der Waals surface area contributed by atoms with Gasteiger partial charge in [0, 0.05) is 6.54 Å². The van der Waals surface area contributed by atoms with Gasteiger partial charge in [0.15, 0.2) is 0 Å². The highest BCUT2D eigenvalue weighted by molar-refractivity contribution is 5.97. The van der Waals surface area contributed by atoms with Gasteiger partial charge in [-0.15, -0.1) is 0 Å². The van der Waals surface area contributed by atoms with Crippen molar-refractivity contribution in [3.8, 4) is 5.75 Å². The lowest BCUT2D eigenvalue weighted by atomic mass is 9.87. The van der Waals surface area contributed by atoms with Crippen molar-refractivity contribution in [1.82, 2.24) is 5.32 Å². The molecule has 4 nitrogen and oxygen atoms in total. The van der Waals surface area contributed by atoms with Gasteiger partial charge in [0.1, 0.15) is 17.1 Å². The highest BCUT2D eigenvalue weighted by atomic mass is 19.1. The summed E-state index contributed by atoms with van der Waals surface area (Å²) in [6.07, 6.45) is 3.09. The normalized spacial score (nSPS) is 22.4. The van der Waals surface area contributed by atoms with Crippen LogP contribution in [0.2, 0.25) is 0 Å². The van der Waals surface area contributed by atoms with Crippen molar-refractivity contribution in [2.24, 2.45) is 5.92 Å². The van der Waals surface area contributed by atoms with Crippen LogP contribution in [0.3, 0.4) is 0 Å². The van der Waals surface area contributed by atoms with Crippen LogP contribution in [0.4, 0.5) is 4.39 Å². The summed E-state index contributed by atoms with van der Waals surface area (Å²) in [6, 6.07) is 4.32. The summed E-state index contributed by atoms with van der Waals surface area (Å²) in [5.41, 5.74) is -0.0501. The molecule has 1 amide bonds. The van der Waals surface area contributed by atoms with Crippen molar-refractivity contribution in [1.29, 1.82) is 0 Å². The third kappa shape index (κ3) is 3.48. The number of hydrogen-bond donors (Lipinski definition) is 2. The molecule has 110 valence electrons. The number of aliphatic hydroxyl groups excluding tert-OH is 1. The van der Waals surface area contributed by atoms with E-state index in [4.69, 9.17) is 4.74 Å². The second-order valence-electron chi connectivity index (χ2n) is 5.20. The van der Waals surface area contributed by atoms with Gasteiger partial charge in [-0.1, -0.05) is 6.07 Å². The molecule has 0 saturated heterocycles. The summed E-state index contributed by atoms with van der Waals surface area (Å²) in [5, 5.41) is 12.2. The Balaban J connectivity index is 1.95. The Hall–Kier alpha value is -1.62. The van der Waals surface area contributed by atoms with Crippen LogP contribution >= 0.6 is 0 Å². The van der Waals surface area contributed by atoms with E-state index in [1.165, 1.54) is 19.2 Å². The number of carbonyl (C=O) groups excluding carboxylic acids is 1. The minimum absolute atomic E-state index is 0.0501. The van der Waals surface area contributed by atoms with Crippen LogP contribution in [0.1, 0.15) is 36.0 Å². The Kier molecular flexibility index (Phi) is 4.95. The van der Waals surface area contributed by atoms with Crippen LogP contribution in [-0.4, -0.2) is 30.8 Å². The Morgan fingerprint density at radius 3 is 2.75 bits per heavy atom. The zero-order chi connectivity index (χ0) is 14.5. The number of hydrogen-bond acceptors (Lipinski definition) is 3. The number of carbonyl (C=O) groups is 1. The molecule has 0 aliphatic heterocycles. The molecule has 1 aliphatic carbocycles. The highest BCUT2D eigenvalue weighted by Gasteiger charge is 2.22. The molecule has 1 aromatic rings. The fourth-order valence-corrected chi connectivity index (χ4v) is 2.57. The first-order valence-electron chi connectivity index (χ1n) is 6.90. The van der Waals surface area contributed by atoms with E-state index in [0.717, 1.165) is 25.7 Å². The molecular weight excluding hydrogens is 261 g/mol. The maximum atomic E-state index is 13.7. The second-order valence-corrected chi connectivity index (χ2v) is 5.20. The van der Waals surface area contributed by atoms with Crippen LogP contribution in [0.25, 0.3) is 0 Å². The number of nitrogens with one attached hydrogen (secondary N) is 1. The van der Waals surface area contributed by atoms with Crippen LogP contribution in [0, 0.1) is 11.7 Å². The van der Waals surface area contributed by atoms with Crippen molar-refractivity contribution in [2.75, 3.05) is 13.7 Å². The first kappa shape index (κ1) is 14.8. The van der Waals surface area contributed by atoms with Crippen molar-refractivity contribution in [2.45, 2.75) is 31.8 Å². The van der Waals surface area contributed by atoms with Gasteiger partial charge in [-0.25, -0.2) is 4.39 Å². The van der Waals surface area contributed by atoms with E-state index in [2.05, 4.69) is 5.32 Å². The minimum atomic E-state index is -0.582. The van der Waals surface area contributed by atoms with E-state index < -0.39 is 11.7 Å². The number of amides is 1. The molecule has 0 heterocycles. The summed E-state index contributed by atoms with van der Waals surface area (Å²) >= 11 is 0. The zero-order valence-corrected chi connectivity index (χ0v) is 11.6. The monoisotopic (exact) mass is 281 g/mol. The lowest BCUT2D eigenvalue weighted by Crippen LogP contribution is -2.32. The van der Waals surface area contributed by atoms with Gasteiger partial charge >= 0.3 is 0 Å². The van der Waals surface area contributed by atoms with E-state index in [9.17, 15) is 14.3 Å². The van der Waals surface area contributed by atoms with Gasteiger partial charge in [0.25, 0.3) is 5.91 Å². The Bertz CT molecular complexity index is 470. The summed E-state index contributed by atoms with van der Waals surface area (Å²) in [4.78, 5) is 12.1. The fourth-order valence-electron chi connectivity index (χ4n) is 2.57. The molecule has 0 radical (unpaired) electrons. The molecule has 1 fully saturated rings. The molecule has 2 rings (SSSR count). The fraction of sp³-hybridized carbons (Fsp3) is 0.533. The van der Waals surface area contributed by atoms with Crippen LogP contribution in [0.15, 0.2) is 18.2 Å². The van der Waals surface area contributed by atoms with Crippen LogP contribution < -0.4 is 10.1 Å². The Morgan fingerprint density at radius 1 is 1.40 bits per heavy atom. The predicted molar refractivity (Wildman–Crippen MR) is 73.3 cm³/mol. The topological polar surface area (TPSA) is 58.6 Å². The van der Waals surface area contributed by atoms with Crippen molar-refractivity contribution >= 4 is 5.91 Å². The molecule has 1 aromatic carbocycles. The third-order valence-corrected chi connectivity index (χ3v) is 3.79. The number of aliphatic hydroxyl groups is 1. The summed E-state index contributed by atoms with van der Waals surface area (Å²) in [5.74, 6) is -0.450. The first-order valence-corrected chi connectivity index (χ1v) is 6.90. The van der Waals surface area contributed by atoms with Gasteiger partial charge in [0.05, 0.1) is 13.2 Å². The van der Waals surface area contributed by atoms with E-state index in [0.29, 0.717) is 12.5 Å². The first-order chi connectivity index (χ1) is 9.61. The molecular formula is C15H20FNO3. The van der Waals surface area contributed by atoms with Gasteiger partial charge in [0.2, 0.25) is 0 Å². The van der Waals surface area contributed by atoms with E-state index in [1.807, 2.05) is 0 Å². The zero-order valence-electron chi connectivity index (χ0n) is 11.6. The van der Waals surface area contributed by atoms with Gasteiger partial charge in [-0.2, -0.15) is 0 Å². The largest absolute Gasteiger partial charge is 0.496 e. The van der Waals surface area contributed by atoms with Gasteiger partial charge in [-0.05, 0) is 43.7 Å². The van der Waals surface area contributed by atoms with E-state index in [1.54, 1.807) is 6.07 Å². The average molecular weight is 281 g/mol. The molecule has 5 heteroatoms. The second kappa shape index (κ2) is 6.70. The summed E-state index contributed by atoms with van der Waals surface area (Å²) in [6.45, 7) is 0.503. The van der Waals surface area contributed by atoms with Crippen molar-refractivity contribution in [3.05, 3.63) is 29.6 Å². The standard InChI is InChI=1S/C15H20FNO3/c1-20-13-4-2-3-12(16)14(13)15(19)17-9-10-5-7-11(18)8-6-10/h2-4,10-11,18H,5-9H2,1H3,(H,17,19). The average Bonchev–Trinajstić information content (AvgIpc) is 2.46. The molecule has 1 saturated carbocycles. The highest BCUT2D eigenvalue weighted by Crippen LogP contribution is 2.24. The number of benzene rings is 1. The third-order valence-electron chi connectivity index (χ3n) is 3.79. The van der Waals surface area contributed by atoms with Crippen molar-refractivity contribution in [3.63, 3.8) is 0 Å². The molecule has 20 heavy (non-hydrogen) atoms. The maximum Gasteiger partial charge on any atom is 0.258 e.